The van der Waals surface area contributed by atoms with E-state index in [-0.39, 0.29) is 0 Å². The molecule has 1 aromatic heterocycles. The fourth-order valence-corrected chi connectivity index (χ4v) is 2.59. The molecule has 1 unspecified atom stereocenters. The summed E-state index contributed by atoms with van der Waals surface area (Å²) >= 11 is 0. The van der Waals surface area contributed by atoms with Gasteiger partial charge in [-0.2, -0.15) is 4.98 Å². The first-order valence-electron chi connectivity index (χ1n) is 7.72. The van der Waals surface area contributed by atoms with Gasteiger partial charge in [0.1, 0.15) is 0 Å². The summed E-state index contributed by atoms with van der Waals surface area (Å²) in [6.07, 6.45) is 3.12. The lowest BCUT2D eigenvalue weighted by Crippen LogP contribution is -2.44. The van der Waals surface area contributed by atoms with Crippen molar-refractivity contribution in [3.63, 3.8) is 0 Å². The second kappa shape index (κ2) is 7.59. The van der Waals surface area contributed by atoms with Crippen LogP contribution in [0.4, 0.5) is 5.95 Å². The van der Waals surface area contributed by atoms with Crippen molar-refractivity contribution >= 4 is 5.95 Å². The molecule has 0 aromatic carbocycles. The predicted molar refractivity (Wildman–Crippen MR) is 80.1 cm³/mol. The van der Waals surface area contributed by atoms with Crippen molar-refractivity contribution in [2.45, 2.75) is 39.2 Å². The summed E-state index contributed by atoms with van der Waals surface area (Å²) < 4.78 is 5.41. The van der Waals surface area contributed by atoms with E-state index in [1.54, 1.807) is 0 Å². The minimum Gasteiger partial charge on any atom is -0.337 e. The van der Waals surface area contributed by atoms with Gasteiger partial charge in [-0.25, -0.2) is 0 Å². The Morgan fingerprint density at radius 3 is 2.65 bits per heavy atom. The molecule has 0 amide bonds. The third kappa shape index (κ3) is 4.18. The maximum atomic E-state index is 5.41. The summed E-state index contributed by atoms with van der Waals surface area (Å²) in [5, 5.41) is 7.61. The highest BCUT2D eigenvalue weighted by Crippen LogP contribution is 2.13. The van der Waals surface area contributed by atoms with Gasteiger partial charge in [0, 0.05) is 38.6 Å². The number of hydrogen-bond donors (Lipinski definition) is 1. The molecule has 1 atom stereocenters. The molecule has 6 heteroatoms. The van der Waals surface area contributed by atoms with Crippen LogP contribution in [-0.4, -0.2) is 60.9 Å². The van der Waals surface area contributed by atoms with Crippen molar-refractivity contribution in [2.75, 3.05) is 44.7 Å². The molecule has 114 valence electrons. The molecule has 0 aliphatic carbocycles. The van der Waals surface area contributed by atoms with Gasteiger partial charge >= 0.3 is 0 Å². The van der Waals surface area contributed by atoms with Gasteiger partial charge in [-0.3, -0.25) is 0 Å². The van der Waals surface area contributed by atoms with Crippen molar-refractivity contribution in [3.05, 3.63) is 5.89 Å². The zero-order chi connectivity index (χ0) is 14.4. The number of nitrogens with zero attached hydrogens (tertiary/aromatic N) is 4. The first-order chi connectivity index (χ1) is 9.72. The monoisotopic (exact) mass is 281 g/mol. The highest BCUT2D eigenvalue weighted by Gasteiger charge is 2.20. The van der Waals surface area contributed by atoms with Gasteiger partial charge in [-0.15, -0.1) is 0 Å². The molecule has 1 aliphatic rings. The van der Waals surface area contributed by atoms with Gasteiger partial charge in [0.15, 0.2) is 0 Å². The number of aromatic nitrogens is 2. The van der Waals surface area contributed by atoms with Crippen molar-refractivity contribution < 1.29 is 4.52 Å². The Morgan fingerprint density at radius 2 is 2.00 bits per heavy atom. The summed E-state index contributed by atoms with van der Waals surface area (Å²) in [5.41, 5.74) is 0. The molecule has 1 fully saturated rings. The van der Waals surface area contributed by atoms with Crippen LogP contribution in [0.25, 0.3) is 0 Å². The lowest BCUT2D eigenvalue weighted by atomic mass is 10.1. The third-order valence-corrected chi connectivity index (χ3v) is 3.79. The van der Waals surface area contributed by atoms with Gasteiger partial charge in [0.05, 0.1) is 0 Å². The van der Waals surface area contributed by atoms with E-state index in [1.807, 2.05) is 0 Å². The molecular formula is C14H27N5O. The fraction of sp³-hybridized carbons (Fsp3) is 0.857. The van der Waals surface area contributed by atoms with Crippen LogP contribution in [0.5, 0.6) is 0 Å². The zero-order valence-electron chi connectivity index (χ0n) is 12.9. The van der Waals surface area contributed by atoms with Crippen molar-refractivity contribution in [1.82, 2.24) is 20.4 Å². The Morgan fingerprint density at radius 1 is 1.25 bits per heavy atom. The quantitative estimate of drug-likeness (QED) is 0.809. The van der Waals surface area contributed by atoms with E-state index in [1.165, 1.54) is 0 Å². The van der Waals surface area contributed by atoms with Crippen LogP contribution in [0.3, 0.4) is 0 Å². The lowest BCUT2D eigenvalue weighted by molar-refractivity contribution is 0.308. The van der Waals surface area contributed by atoms with E-state index in [9.17, 15) is 0 Å². The van der Waals surface area contributed by atoms with Gasteiger partial charge in [-0.1, -0.05) is 20.3 Å². The summed E-state index contributed by atoms with van der Waals surface area (Å²) in [4.78, 5) is 9.08. The van der Waals surface area contributed by atoms with Crippen LogP contribution in [0.2, 0.25) is 0 Å². The predicted octanol–water partition coefficient (Wildman–Crippen LogP) is 1.14. The summed E-state index contributed by atoms with van der Waals surface area (Å²) in [5.74, 6) is 1.50. The van der Waals surface area contributed by atoms with Crippen molar-refractivity contribution in [2.24, 2.45) is 0 Å². The fourth-order valence-electron chi connectivity index (χ4n) is 2.59. The molecule has 6 nitrogen and oxygen atoms in total. The summed E-state index contributed by atoms with van der Waals surface area (Å²) in [6.45, 7) is 9.37. The molecule has 1 N–H and O–H groups in total. The standard InChI is InChI=1S/C14H27N5O/c1-4-6-12(15-5-2)11-13-16-14(17-20-13)19-9-7-18(3)8-10-19/h12,15H,4-11H2,1-3H3. The van der Waals surface area contributed by atoms with E-state index >= 15 is 0 Å². The highest BCUT2D eigenvalue weighted by molar-refractivity contribution is 5.28. The second-order valence-corrected chi connectivity index (χ2v) is 5.53. The summed E-state index contributed by atoms with van der Waals surface area (Å²) in [6, 6.07) is 0.436. The average molecular weight is 281 g/mol. The number of rotatable bonds is 7. The average Bonchev–Trinajstić information content (AvgIpc) is 2.89. The molecule has 2 rings (SSSR count). The Labute approximate surface area is 121 Å². The molecule has 20 heavy (non-hydrogen) atoms. The minimum absolute atomic E-state index is 0.436. The Bertz CT molecular complexity index is 381. The largest absolute Gasteiger partial charge is 0.337 e. The van der Waals surface area contributed by atoms with E-state index in [0.717, 1.165) is 63.8 Å². The highest BCUT2D eigenvalue weighted by atomic mass is 16.5. The topological polar surface area (TPSA) is 57.4 Å². The number of hydrogen-bond acceptors (Lipinski definition) is 6. The third-order valence-electron chi connectivity index (χ3n) is 3.79. The molecule has 0 radical (unpaired) electrons. The first-order valence-corrected chi connectivity index (χ1v) is 7.72. The van der Waals surface area contributed by atoms with Crippen LogP contribution < -0.4 is 10.2 Å². The van der Waals surface area contributed by atoms with Gasteiger partial charge in [-0.05, 0) is 25.2 Å². The van der Waals surface area contributed by atoms with Crippen LogP contribution in [0.15, 0.2) is 4.52 Å². The Balaban J connectivity index is 1.90. The Hall–Kier alpha value is -1.14. The number of likely N-dealkylation sites (N-methyl/N-ethyl adjacent to an activating group) is 2. The van der Waals surface area contributed by atoms with Crippen molar-refractivity contribution in [1.29, 1.82) is 0 Å². The first kappa shape index (κ1) is 15.3. The molecular weight excluding hydrogens is 254 g/mol. The summed E-state index contributed by atoms with van der Waals surface area (Å²) in [7, 11) is 2.14. The van der Waals surface area contributed by atoms with Crippen LogP contribution in [0, 0.1) is 0 Å². The zero-order valence-corrected chi connectivity index (χ0v) is 12.9. The molecule has 0 saturated carbocycles. The van der Waals surface area contributed by atoms with E-state index in [2.05, 4.69) is 46.2 Å². The van der Waals surface area contributed by atoms with Gasteiger partial charge in [0.25, 0.3) is 5.95 Å². The SMILES string of the molecule is CCCC(Cc1nc(N2CCN(C)CC2)no1)NCC. The number of anilines is 1. The minimum atomic E-state index is 0.436. The number of nitrogens with one attached hydrogen (secondary N) is 1. The smallest absolute Gasteiger partial charge is 0.266 e. The molecule has 0 bridgehead atoms. The van der Waals surface area contributed by atoms with Crippen LogP contribution in [0.1, 0.15) is 32.6 Å². The van der Waals surface area contributed by atoms with Crippen LogP contribution in [-0.2, 0) is 6.42 Å². The molecule has 1 aromatic rings. The molecule has 0 spiro atoms. The molecule has 1 saturated heterocycles. The van der Waals surface area contributed by atoms with Crippen LogP contribution >= 0.6 is 0 Å². The second-order valence-electron chi connectivity index (χ2n) is 5.53. The van der Waals surface area contributed by atoms with E-state index in [4.69, 9.17) is 4.52 Å². The number of piperazine rings is 1. The maximum absolute atomic E-state index is 5.41. The normalized spacial score (nSPS) is 18.4. The van der Waals surface area contributed by atoms with E-state index < -0.39 is 0 Å². The lowest BCUT2D eigenvalue weighted by Gasteiger charge is -2.31. The Kier molecular flexibility index (Phi) is 5.79. The molecule has 1 aliphatic heterocycles. The molecule has 2 heterocycles. The maximum Gasteiger partial charge on any atom is 0.266 e. The van der Waals surface area contributed by atoms with Gasteiger partial charge < -0.3 is 19.6 Å². The van der Waals surface area contributed by atoms with Crippen molar-refractivity contribution in [3.8, 4) is 0 Å². The van der Waals surface area contributed by atoms with Gasteiger partial charge in [0.2, 0.25) is 5.89 Å². The van der Waals surface area contributed by atoms with E-state index in [0.29, 0.717) is 6.04 Å².